The van der Waals surface area contributed by atoms with Gasteiger partial charge in [-0.25, -0.2) is 8.42 Å². The Bertz CT molecular complexity index is 667. The Labute approximate surface area is 135 Å². The topological polar surface area (TPSA) is 93.0 Å². The number of non-ortho nitro benzene ring substituents is 1. The molecule has 1 aromatic rings. The number of hydrogen-bond acceptors (Lipinski definition) is 6. The third-order valence-corrected chi connectivity index (χ3v) is 5.91. The van der Waals surface area contributed by atoms with Gasteiger partial charge < -0.3 is 9.64 Å². The van der Waals surface area contributed by atoms with E-state index in [1.165, 1.54) is 16.4 Å². The largest absolute Gasteiger partial charge is 0.378 e. The number of sulfonamides is 1. The van der Waals surface area contributed by atoms with Crippen molar-refractivity contribution in [2.75, 3.05) is 44.3 Å². The number of ether oxygens (including phenoxy) is 1. The van der Waals surface area contributed by atoms with Gasteiger partial charge in [0.05, 0.1) is 23.8 Å². The van der Waals surface area contributed by atoms with E-state index in [-0.39, 0.29) is 10.6 Å². The molecule has 0 N–H and O–H groups in total. The van der Waals surface area contributed by atoms with E-state index in [9.17, 15) is 18.5 Å². The van der Waals surface area contributed by atoms with Crippen molar-refractivity contribution < 1.29 is 18.1 Å². The van der Waals surface area contributed by atoms with Gasteiger partial charge >= 0.3 is 0 Å². The first-order chi connectivity index (χ1) is 10.9. The highest BCUT2D eigenvalue weighted by atomic mass is 32.2. The van der Waals surface area contributed by atoms with Crippen molar-refractivity contribution in [1.82, 2.24) is 4.31 Å². The summed E-state index contributed by atoms with van der Waals surface area (Å²) in [5.74, 6) is 0. The first-order valence-corrected chi connectivity index (χ1v) is 8.97. The highest BCUT2D eigenvalue weighted by Gasteiger charge is 2.29. The Morgan fingerprint density at radius 2 is 1.87 bits per heavy atom. The first kappa shape index (κ1) is 17.6. The molecule has 2 rings (SSSR count). The molecule has 0 bridgehead atoms. The molecule has 1 aliphatic heterocycles. The fourth-order valence-corrected chi connectivity index (χ4v) is 4.28. The zero-order valence-electron chi connectivity index (χ0n) is 13.3. The molecule has 0 aromatic heterocycles. The lowest BCUT2D eigenvalue weighted by molar-refractivity contribution is -0.385. The Balaban J connectivity index is 2.56. The summed E-state index contributed by atoms with van der Waals surface area (Å²) in [6.45, 7) is 6.22. The minimum absolute atomic E-state index is 0.0164. The molecule has 1 saturated heterocycles. The van der Waals surface area contributed by atoms with Gasteiger partial charge in [0, 0.05) is 38.3 Å². The number of nitro benzene ring substituents is 1. The van der Waals surface area contributed by atoms with Crippen molar-refractivity contribution in [1.29, 1.82) is 0 Å². The van der Waals surface area contributed by atoms with Crippen LogP contribution in [-0.2, 0) is 14.8 Å². The van der Waals surface area contributed by atoms with Crippen molar-refractivity contribution in [2.24, 2.45) is 0 Å². The molecular formula is C14H21N3O5S. The minimum atomic E-state index is -3.79. The van der Waals surface area contributed by atoms with E-state index in [0.29, 0.717) is 45.1 Å². The summed E-state index contributed by atoms with van der Waals surface area (Å²) < 4.78 is 32.3. The van der Waals surface area contributed by atoms with Crippen LogP contribution in [-0.4, -0.2) is 57.0 Å². The van der Waals surface area contributed by atoms with Crippen molar-refractivity contribution >= 4 is 21.4 Å². The maximum absolute atomic E-state index is 12.9. The maximum Gasteiger partial charge on any atom is 0.270 e. The summed E-state index contributed by atoms with van der Waals surface area (Å²) in [4.78, 5) is 12.3. The molecule has 0 unspecified atom stereocenters. The van der Waals surface area contributed by atoms with Crippen molar-refractivity contribution in [3.8, 4) is 0 Å². The summed E-state index contributed by atoms with van der Waals surface area (Å²) in [5.41, 5.74) is 0.263. The Hall–Kier alpha value is -1.71. The number of anilines is 1. The standard InChI is InChI=1S/C14H21N3O5S/c1-3-16(4-2)23(20,21)14-11-12(17(18)19)5-6-13(14)15-7-9-22-10-8-15/h5-6,11H,3-4,7-10H2,1-2H3. The third-order valence-electron chi connectivity index (χ3n) is 3.83. The lowest BCUT2D eigenvalue weighted by Gasteiger charge is -2.31. The Kier molecular flexibility index (Phi) is 5.55. The van der Waals surface area contributed by atoms with E-state index >= 15 is 0 Å². The molecule has 9 heteroatoms. The van der Waals surface area contributed by atoms with Crippen LogP contribution >= 0.6 is 0 Å². The van der Waals surface area contributed by atoms with Gasteiger partial charge in [0.1, 0.15) is 4.90 Å². The van der Waals surface area contributed by atoms with Crippen LogP contribution in [0, 0.1) is 10.1 Å². The molecule has 0 amide bonds. The number of hydrogen-bond donors (Lipinski definition) is 0. The second-order valence-electron chi connectivity index (χ2n) is 5.10. The van der Waals surface area contributed by atoms with Crippen LogP contribution in [0.5, 0.6) is 0 Å². The van der Waals surface area contributed by atoms with Crippen molar-refractivity contribution in [3.63, 3.8) is 0 Å². The predicted octanol–water partition coefficient (Wildman–Crippen LogP) is 1.46. The average Bonchev–Trinajstić information content (AvgIpc) is 2.56. The molecule has 128 valence electrons. The molecule has 0 atom stereocenters. The van der Waals surface area contributed by atoms with Crippen LogP contribution in [0.25, 0.3) is 0 Å². The smallest absolute Gasteiger partial charge is 0.270 e. The molecule has 1 aliphatic rings. The second-order valence-corrected chi connectivity index (χ2v) is 7.00. The quantitative estimate of drug-likeness (QED) is 0.573. The predicted molar refractivity (Wildman–Crippen MR) is 86.2 cm³/mol. The van der Waals surface area contributed by atoms with E-state index < -0.39 is 14.9 Å². The summed E-state index contributed by atoms with van der Waals surface area (Å²) in [7, 11) is -3.79. The number of nitro groups is 1. The number of morpholine rings is 1. The monoisotopic (exact) mass is 343 g/mol. The molecule has 0 aliphatic carbocycles. The number of benzene rings is 1. The molecule has 1 heterocycles. The van der Waals surface area contributed by atoms with Gasteiger partial charge in [-0.05, 0) is 6.07 Å². The molecule has 0 spiro atoms. The van der Waals surface area contributed by atoms with Crippen LogP contribution in [0.1, 0.15) is 13.8 Å². The second kappa shape index (κ2) is 7.24. The Morgan fingerprint density at radius 1 is 1.26 bits per heavy atom. The van der Waals surface area contributed by atoms with Gasteiger partial charge in [-0.1, -0.05) is 13.8 Å². The van der Waals surface area contributed by atoms with Gasteiger partial charge in [0.15, 0.2) is 0 Å². The normalized spacial score (nSPS) is 15.9. The summed E-state index contributed by atoms with van der Waals surface area (Å²) in [6, 6.07) is 4.00. The highest BCUT2D eigenvalue weighted by Crippen LogP contribution is 2.32. The van der Waals surface area contributed by atoms with Crippen LogP contribution < -0.4 is 4.90 Å². The van der Waals surface area contributed by atoms with Crippen LogP contribution in [0.2, 0.25) is 0 Å². The zero-order valence-corrected chi connectivity index (χ0v) is 14.1. The fraction of sp³-hybridized carbons (Fsp3) is 0.571. The molecule has 23 heavy (non-hydrogen) atoms. The maximum atomic E-state index is 12.9. The number of nitrogens with zero attached hydrogens (tertiary/aromatic N) is 3. The molecule has 1 aromatic carbocycles. The van der Waals surface area contributed by atoms with Gasteiger partial charge in [-0.15, -0.1) is 0 Å². The lowest BCUT2D eigenvalue weighted by atomic mass is 10.2. The van der Waals surface area contributed by atoms with Gasteiger partial charge in [0.2, 0.25) is 10.0 Å². The molecule has 1 fully saturated rings. The highest BCUT2D eigenvalue weighted by molar-refractivity contribution is 7.89. The van der Waals surface area contributed by atoms with E-state index in [1.54, 1.807) is 13.8 Å². The van der Waals surface area contributed by atoms with Gasteiger partial charge in [0.25, 0.3) is 5.69 Å². The molecule has 0 saturated carbocycles. The van der Waals surface area contributed by atoms with Crippen molar-refractivity contribution in [2.45, 2.75) is 18.7 Å². The summed E-state index contributed by atoms with van der Waals surface area (Å²) >= 11 is 0. The summed E-state index contributed by atoms with van der Waals surface area (Å²) in [5, 5.41) is 11.0. The van der Waals surface area contributed by atoms with Crippen LogP contribution in [0.4, 0.5) is 11.4 Å². The third kappa shape index (κ3) is 3.62. The van der Waals surface area contributed by atoms with Gasteiger partial charge in [-0.3, -0.25) is 10.1 Å². The van der Waals surface area contributed by atoms with E-state index in [2.05, 4.69) is 0 Å². The van der Waals surface area contributed by atoms with E-state index in [0.717, 1.165) is 6.07 Å². The lowest BCUT2D eigenvalue weighted by Crippen LogP contribution is -2.38. The average molecular weight is 343 g/mol. The summed E-state index contributed by atoms with van der Waals surface area (Å²) in [6.07, 6.45) is 0. The SMILES string of the molecule is CCN(CC)S(=O)(=O)c1cc([N+](=O)[O-])ccc1N1CCOCC1. The van der Waals surface area contributed by atoms with Crippen molar-refractivity contribution in [3.05, 3.63) is 28.3 Å². The van der Waals surface area contributed by atoms with E-state index in [4.69, 9.17) is 4.74 Å². The van der Waals surface area contributed by atoms with E-state index in [1.807, 2.05) is 4.90 Å². The number of rotatable bonds is 6. The molecule has 0 radical (unpaired) electrons. The molecule has 8 nitrogen and oxygen atoms in total. The minimum Gasteiger partial charge on any atom is -0.378 e. The zero-order chi connectivity index (χ0) is 17.0. The molecular weight excluding hydrogens is 322 g/mol. The first-order valence-electron chi connectivity index (χ1n) is 7.53. The fourth-order valence-electron chi connectivity index (χ4n) is 2.59. The Morgan fingerprint density at radius 3 is 2.39 bits per heavy atom. The van der Waals surface area contributed by atoms with Gasteiger partial charge in [-0.2, -0.15) is 4.31 Å². The van der Waals surface area contributed by atoms with Crippen LogP contribution in [0.3, 0.4) is 0 Å². The van der Waals surface area contributed by atoms with Crippen LogP contribution in [0.15, 0.2) is 23.1 Å².